The highest BCUT2D eigenvalue weighted by Gasteiger charge is 2.32. The molecule has 1 aromatic rings. The summed E-state index contributed by atoms with van der Waals surface area (Å²) in [6.45, 7) is 3.60. The number of carbonyl (C=O) groups is 1. The lowest BCUT2D eigenvalue weighted by Crippen LogP contribution is -2.53. The highest BCUT2D eigenvalue weighted by molar-refractivity contribution is 7.99. The van der Waals surface area contributed by atoms with Crippen molar-refractivity contribution in [2.75, 3.05) is 71.5 Å². The Morgan fingerprint density at radius 3 is 2.32 bits per heavy atom. The van der Waals surface area contributed by atoms with E-state index in [0.717, 1.165) is 24.6 Å². The van der Waals surface area contributed by atoms with E-state index in [2.05, 4.69) is 4.90 Å². The number of methoxy groups -OCH3 is 2. The van der Waals surface area contributed by atoms with Gasteiger partial charge in [0, 0.05) is 56.8 Å². The number of amides is 1. The van der Waals surface area contributed by atoms with Crippen LogP contribution in [0.15, 0.2) is 23.1 Å². The maximum absolute atomic E-state index is 13.1. The summed E-state index contributed by atoms with van der Waals surface area (Å²) < 4.78 is 38.0. The molecule has 156 valence electrons. The Kier molecular flexibility index (Phi) is 7.08. The average molecular weight is 430 g/mol. The van der Waals surface area contributed by atoms with Crippen molar-refractivity contribution in [3.63, 3.8) is 0 Å². The van der Waals surface area contributed by atoms with E-state index in [0.29, 0.717) is 25.4 Å². The van der Waals surface area contributed by atoms with E-state index in [1.54, 1.807) is 17.0 Å². The van der Waals surface area contributed by atoms with Crippen LogP contribution in [0, 0.1) is 0 Å². The van der Waals surface area contributed by atoms with Crippen LogP contribution >= 0.6 is 11.8 Å². The number of ether oxygens (including phenoxy) is 2. The van der Waals surface area contributed by atoms with Crippen molar-refractivity contribution in [3.8, 4) is 11.5 Å². The van der Waals surface area contributed by atoms with E-state index in [1.165, 1.54) is 24.6 Å². The quantitative estimate of drug-likeness (QED) is 0.655. The molecule has 2 aliphatic heterocycles. The number of sulfonamides is 1. The topological polar surface area (TPSA) is 79.4 Å². The van der Waals surface area contributed by atoms with Crippen LogP contribution in [0.3, 0.4) is 0 Å². The van der Waals surface area contributed by atoms with E-state index >= 15 is 0 Å². The van der Waals surface area contributed by atoms with Gasteiger partial charge in [-0.2, -0.15) is 16.1 Å². The summed E-state index contributed by atoms with van der Waals surface area (Å²) in [5, 5.41) is 0. The maximum atomic E-state index is 13.1. The Labute approximate surface area is 170 Å². The third-order valence-electron chi connectivity index (χ3n) is 5.04. The molecule has 0 atom stereocenters. The van der Waals surface area contributed by atoms with E-state index in [-0.39, 0.29) is 29.6 Å². The molecule has 2 saturated heterocycles. The van der Waals surface area contributed by atoms with Gasteiger partial charge >= 0.3 is 0 Å². The Morgan fingerprint density at radius 1 is 1.04 bits per heavy atom. The van der Waals surface area contributed by atoms with Crippen molar-refractivity contribution >= 4 is 27.7 Å². The van der Waals surface area contributed by atoms with E-state index in [9.17, 15) is 13.2 Å². The molecule has 0 bridgehead atoms. The second-order valence-electron chi connectivity index (χ2n) is 6.69. The predicted molar refractivity (Wildman–Crippen MR) is 109 cm³/mol. The summed E-state index contributed by atoms with van der Waals surface area (Å²) in [5.74, 6) is 2.92. The van der Waals surface area contributed by atoms with Crippen molar-refractivity contribution in [1.82, 2.24) is 14.1 Å². The Bertz CT molecular complexity index is 788. The molecule has 0 unspecified atom stereocenters. The van der Waals surface area contributed by atoms with Gasteiger partial charge in [0.15, 0.2) is 0 Å². The zero-order chi connectivity index (χ0) is 20.1. The lowest BCUT2D eigenvalue weighted by molar-refractivity contribution is -0.133. The van der Waals surface area contributed by atoms with Crippen molar-refractivity contribution in [1.29, 1.82) is 0 Å². The lowest BCUT2D eigenvalue weighted by Gasteiger charge is -2.35. The largest absolute Gasteiger partial charge is 0.497 e. The Morgan fingerprint density at radius 2 is 1.71 bits per heavy atom. The number of hydrogen-bond donors (Lipinski definition) is 0. The van der Waals surface area contributed by atoms with Crippen molar-refractivity contribution < 1.29 is 22.7 Å². The van der Waals surface area contributed by atoms with Crippen LogP contribution in [0.5, 0.6) is 11.5 Å². The van der Waals surface area contributed by atoms with Crippen LogP contribution in [0.1, 0.15) is 0 Å². The second-order valence-corrected chi connectivity index (χ2v) is 9.82. The molecule has 2 heterocycles. The molecule has 3 rings (SSSR count). The summed E-state index contributed by atoms with van der Waals surface area (Å²) in [6.07, 6.45) is 0. The second kappa shape index (κ2) is 9.34. The molecule has 10 heteroatoms. The number of carbonyl (C=O) groups excluding carboxylic acids is 1. The molecule has 0 aromatic heterocycles. The molecule has 0 aliphatic carbocycles. The van der Waals surface area contributed by atoms with Gasteiger partial charge in [0.1, 0.15) is 16.4 Å². The number of benzene rings is 1. The first-order valence-corrected chi connectivity index (χ1v) is 11.8. The van der Waals surface area contributed by atoms with Crippen LogP contribution < -0.4 is 9.47 Å². The van der Waals surface area contributed by atoms with Gasteiger partial charge in [0.2, 0.25) is 15.9 Å². The van der Waals surface area contributed by atoms with Gasteiger partial charge in [0.25, 0.3) is 0 Å². The number of rotatable bonds is 6. The van der Waals surface area contributed by atoms with Gasteiger partial charge in [-0.15, -0.1) is 0 Å². The monoisotopic (exact) mass is 429 g/mol. The standard InChI is InChI=1S/C18H27N3O5S2/c1-25-15-3-4-16(26-2)17(13-15)28(23,24)21-7-5-20(6-8-21)18(22)14-19-9-11-27-12-10-19/h3-4,13H,5-12,14H2,1-2H3. The molecule has 0 N–H and O–H groups in total. The first kappa shape index (κ1) is 21.2. The molecule has 0 radical (unpaired) electrons. The van der Waals surface area contributed by atoms with Crippen molar-refractivity contribution in [2.45, 2.75) is 4.90 Å². The number of thioether (sulfide) groups is 1. The summed E-state index contributed by atoms with van der Waals surface area (Å²) in [5.41, 5.74) is 0. The zero-order valence-corrected chi connectivity index (χ0v) is 17.9. The molecular weight excluding hydrogens is 402 g/mol. The third kappa shape index (κ3) is 4.73. The first-order valence-electron chi connectivity index (χ1n) is 9.26. The smallest absolute Gasteiger partial charge is 0.247 e. The van der Waals surface area contributed by atoms with Crippen molar-refractivity contribution in [2.24, 2.45) is 0 Å². The highest BCUT2D eigenvalue weighted by Crippen LogP contribution is 2.31. The Balaban J connectivity index is 1.64. The van der Waals surface area contributed by atoms with E-state index < -0.39 is 10.0 Å². The van der Waals surface area contributed by atoms with E-state index in [4.69, 9.17) is 9.47 Å². The van der Waals surface area contributed by atoms with E-state index in [1.807, 2.05) is 11.8 Å². The summed E-state index contributed by atoms with van der Waals surface area (Å²) >= 11 is 1.91. The third-order valence-corrected chi connectivity index (χ3v) is 7.90. The Hall–Kier alpha value is -1.49. The minimum Gasteiger partial charge on any atom is -0.497 e. The molecule has 2 fully saturated rings. The SMILES string of the molecule is COc1ccc(OC)c(S(=O)(=O)N2CCN(C(=O)CN3CCSCC3)CC2)c1. The molecule has 28 heavy (non-hydrogen) atoms. The van der Waals surface area contributed by atoms with Crippen LogP contribution in [-0.2, 0) is 14.8 Å². The van der Waals surface area contributed by atoms with Gasteiger partial charge in [-0.05, 0) is 12.1 Å². The van der Waals surface area contributed by atoms with Gasteiger partial charge in [-0.1, -0.05) is 0 Å². The summed E-state index contributed by atoms with van der Waals surface area (Å²) in [7, 11) is -0.806. The van der Waals surface area contributed by atoms with Crippen LogP contribution in [0.2, 0.25) is 0 Å². The average Bonchev–Trinajstić information content (AvgIpc) is 2.74. The van der Waals surface area contributed by atoms with Crippen LogP contribution in [0.25, 0.3) is 0 Å². The van der Waals surface area contributed by atoms with Gasteiger partial charge in [0.05, 0.1) is 20.8 Å². The maximum Gasteiger partial charge on any atom is 0.247 e. The van der Waals surface area contributed by atoms with Gasteiger partial charge in [-0.3, -0.25) is 9.69 Å². The highest BCUT2D eigenvalue weighted by atomic mass is 32.2. The fraction of sp³-hybridized carbons (Fsp3) is 0.611. The number of nitrogens with zero attached hydrogens (tertiary/aromatic N) is 3. The minimum atomic E-state index is -3.74. The molecule has 8 nitrogen and oxygen atoms in total. The molecule has 0 spiro atoms. The normalized spacial score (nSPS) is 19.4. The molecular formula is C18H27N3O5S2. The number of hydrogen-bond acceptors (Lipinski definition) is 7. The molecule has 1 aromatic carbocycles. The molecule has 1 amide bonds. The van der Waals surface area contributed by atoms with Crippen molar-refractivity contribution in [3.05, 3.63) is 18.2 Å². The zero-order valence-electron chi connectivity index (χ0n) is 16.3. The number of piperazine rings is 1. The fourth-order valence-corrected chi connectivity index (χ4v) is 5.92. The molecule has 2 aliphatic rings. The fourth-order valence-electron chi connectivity index (χ4n) is 3.35. The first-order chi connectivity index (χ1) is 13.5. The van der Waals surface area contributed by atoms with Gasteiger partial charge in [-0.25, -0.2) is 8.42 Å². The predicted octanol–water partition coefficient (Wildman–Crippen LogP) is 0.586. The van der Waals surface area contributed by atoms with Crippen LogP contribution in [-0.4, -0.2) is 100.0 Å². The van der Waals surface area contributed by atoms with Gasteiger partial charge < -0.3 is 14.4 Å². The summed E-state index contributed by atoms with van der Waals surface area (Å²) in [4.78, 5) is 16.6. The lowest BCUT2D eigenvalue weighted by atomic mass is 10.3. The molecule has 0 saturated carbocycles. The minimum absolute atomic E-state index is 0.0721. The van der Waals surface area contributed by atoms with Crippen LogP contribution in [0.4, 0.5) is 0 Å². The summed E-state index contributed by atoms with van der Waals surface area (Å²) in [6, 6.07) is 4.72.